The van der Waals surface area contributed by atoms with Crippen molar-refractivity contribution in [2.75, 3.05) is 26.8 Å². The van der Waals surface area contributed by atoms with Gasteiger partial charge in [-0.05, 0) is 37.7 Å². The SMILES string of the molecule is COC[C@]1(S(=O)(=O)N2CCC(O)(Cc3ccc(C)cc3)CC2)C[C@@H]1C. The molecule has 0 radical (unpaired) electrons. The average molecular weight is 368 g/mol. The topological polar surface area (TPSA) is 66.8 Å². The van der Waals surface area contributed by atoms with Crippen LogP contribution in [0.15, 0.2) is 24.3 Å². The third-order valence-corrected chi connectivity index (χ3v) is 8.70. The third-order valence-electron chi connectivity index (χ3n) is 5.94. The lowest BCUT2D eigenvalue weighted by Gasteiger charge is -2.39. The average Bonchev–Trinajstić information content (AvgIpc) is 3.22. The van der Waals surface area contributed by atoms with E-state index in [9.17, 15) is 13.5 Å². The van der Waals surface area contributed by atoms with Crippen molar-refractivity contribution in [1.82, 2.24) is 4.31 Å². The molecule has 0 bridgehead atoms. The smallest absolute Gasteiger partial charge is 0.222 e. The molecule has 1 N–H and O–H groups in total. The number of aliphatic hydroxyl groups is 1. The lowest BCUT2D eigenvalue weighted by Crippen LogP contribution is -2.51. The number of hydrogen-bond donors (Lipinski definition) is 1. The first kappa shape index (κ1) is 18.8. The van der Waals surface area contributed by atoms with Crippen molar-refractivity contribution >= 4 is 10.0 Å². The summed E-state index contributed by atoms with van der Waals surface area (Å²) in [6.45, 7) is 5.01. The summed E-state index contributed by atoms with van der Waals surface area (Å²) in [5, 5.41) is 10.9. The molecule has 0 aromatic heterocycles. The fraction of sp³-hybridized carbons (Fsp3) is 0.684. The largest absolute Gasteiger partial charge is 0.389 e. The molecule has 2 atom stereocenters. The minimum atomic E-state index is -3.39. The number of ether oxygens (including phenoxy) is 1. The fourth-order valence-electron chi connectivity index (χ4n) is 4.00. The quantitative estimate of drug-likeness (QED) is 0.836. The van der Waals surface area contributed by atoms with Crippen molar-refractivity contribution in [3.63, 3.8) is 0 Å². The van der Waals surface area contributed by atoms with Gasteiger partial charge in [-0.1, -0.05) is 36.8 Å². The first-order valence-electron chi connectivity index (χ1n) is 8.99. The lowest BCUT2D eigenvalue weighted by atomic mass is 9.86. The predicted molar refractivity (Wildman–Crippen MR) is 97.9 cm³/mol. The van der Waals surface area contributed by atoms with E-state index in [2.05, 4.69) is 0 Å². The molecule has 1 aliphatic heterocycles. The molecule has 0 amide bonds. The van der Waals surface area contributed by atoms with E-state index in [-0.39, 0.29) is 12.5 Å². The van der Waals surface area contributed by atoms with Gasteiger partial charge in [0.2, 0.25) is 10.0 Å². The van der Waals surface area contributed by atoms with Gasteiger partial charge in [-0.25, -0.2) is 12.7 Å². The van der Waals surface area contributed by atoms with Crippen LogP contribution in [0.5, 0.6) is 0 Å². The van der Waals surface area contributed by atoms with E-state index in [1.54, 1.807) is 11.4 Å². The highest BCUT2D eigenvalue weighted by atomic mass is 32.2. The Morgan fingerprint density at radius 2 is 1.80 bits per heavy atom. The zero-order valence-electron chi connectivity index (χ0n) is 15.4. The molecule has 1 aliphatic carbocycles. The van der Waals surface area contributed by atoms with Gasteiger partial charge in [0.25, 0.3) is 0 Å². The first-order chi connectivity index (χ1) is 11.7. The number of hydrogen-bond acceptors (Lipinski definition) is 4. The number of benzene rings is 1. The summed E-state index contributed by atoms with van der Waals surface area (Å²) in [5.74, 6) is 0.130. The normalized spacial score (nSPS) is 29.5. The van der Waals surface area contributed by atoms with Crippen LogP contribution in [-0.4, -0.2) is 55.0 Å². The summed E-state index contributed by atoms with van der Waals surface area (Å²) < 4.78 is 32.1. The number of methoxy groups -OCH3 is 1. The van der Waals surface area contributed by atoms with Crippen LogP contribution in [-0.2, 0) is 21.2 Å². The van der Waals surface area contributed by atoms with Gasteiger partial charge in [0, 0.05) is 26.6 Å². The van der Waals surface area contributed by atoms with E-state index in [4.69, 9.17) is 4.74 Å². The maximum atomic E-state index is 13.0. The van der Waals surface area contributed by atoms with Gasteiger partial charge < -0.3 is 9.84 Å². The molecule has 1 heterocycles. The van der Waals surface area contributed by atoms with Gasteiger partial charge >= 0.3 is 0 Å². The molecule has 1 aromatic carbocycles. The van der Waals surface area contributed by atoms with Crippen LogP contribution in [0.3, 0.4) is 0 Å². The van der Waals surface area contributed by atoms with Crippen molar-refractivity contribution in [1.29, 1.82) is 0 Å². The highest BCUT2D eigenvalue weighted by Crippen LogP contribution is 2.51. The molecule has 3 rings (SSSR count). The lowest BCUT2D eigenvalue weighted by molar-refractivity contribution is -0.00482. The van der Waals surface area contributed by atoms with Crippen molar-refractivity contribution in [2.45, 2.75) is 49.9 Å². The Labute approximate surface area is 151 Å². The molecule has 5 nitrogen and oxygen atoms in total. The Morgan fingerprint density at radius 1 is 1.24 bits per heavy atom. The molecular formula is C19H29NO4S. The molecular weight excluding hydrogens is 338 g/mol. The van der Waals surface area contributed by atoms with E-state index in [0.29, 0.717) is 38.8 Å². The summed E-state index contributed by atoms with van der Waals surface area (Å²) in [7, 11) is -1.84. The first-order valence-corrected chi connectivity index (χ1v) is 10.4. The molecule has 2 fully saturated rings. The van der Waals surface area contributed by atoms with E-state index in [0.717, 1.165) is 5.56 Å². The Morgan fingerprint density at radius 3 is 2.28 bits per heavy atom. The second kappa shape index (κ2) is 6.65. The van der Waals surface area contributed by atoms with Gasteiger partial charge in [-0.15, -0.1) is 0 Å². The van der Waals surface area contributed by atoms with Gasteiger partial charge in [0.05, 0.1) is 12.2 Å². The molecule has 0 unspecified atom stereocenters. The Hall–Kier alpha value is -0.950. The van der Waals surface area contributed by atoms with Crippen LogP contribution in [0.25, 0.3) is 0 Å². The molecule has 2 aliphatic rings. The monoisotopic (exact) mass is 367 g/mol. The minimum Gasteiger partial charge on any atom is -0.389 e. The minimum absolute atomic E-state index is 0.130. The number of sulfonamides is 1. The van der Waals surface area contributed by atoms with Crippen LogP contribution >= 0.6 is 0 Å². The van der Waals surface area contributed by atoms with Gasteiger partial charge in [0.15, 0.2) is 0 Å². The van der Waals surface area contributed by atoms with E-state index in [1.807, 2.05) is 38.1 Å². The number of nitrogens with zero attached hydrogens (tertiary/aromatic N) is 1. The van der Waals surface area contributed by atoms with E-state index >= 15 is 0 Å². The molecule has 25 heavy (non-hydrogen) atoms. The predicted octanol–water partition coefficient (Wildman–Crippen LogP) is 2.12. The highest BCUT2D eigenvalue weighted by molar-refractivity contribution is 7.90. The molecule has 0 spiro atoms. The molecule has 1 aromatic rings. The maximum Gasteiger partial charge on any atom is 0.222 e. The number of rotatable bonds is 6. The zero-order valence-corrected chi connectivity index (χ0v) is 16.2. The maximum absolute atomic E-state index is 13.0. The Kier molecular flexibility index (Phi) is 5.01. The van der Waals surface area contributed by atoms with Crippen LogP contribution in [0, 0.1) is 12.8 Å². The van der Waals surface area contributed by atoms with Crippen LogP contribution in [0.1, 0.15) is 37.3 Å². The van der Waals surface area contributed by atoms with Crippen molar-refractivity contribution < 1.29 is 18.3 Å². The Bertz CT molecular complexity index is 707. The van der Waals surface area contributed by atoms with Gasteiger partial charge in [-0.3, -0.25) is 0 Å². The van der Waals surface area contributed by atoms with E-state index < -0.39 is 20.4 Å². The van der Waals surface area contributed by atoms with Crippen molar-refractivity contribution in [2.24, 2.45) is 5.92 Å². The second-order valence-corrected chi connectivity index (χ2v) is 10.2. The van der Waals surface area contributed by atoms with Crippen LogP contribution in [0.2, 0.25) is 0 Å². The molecule has 1 saturated carbocycles. The number of aryl methyl sites for hydroxylation is 1. The third kappa shape index (κ3) is 3.50. The Balaban J connectivity index is 1.66. The van der Waals surface area contributed by atoms with Gasteiger partial charge in [0.1, 0.15) is 4.75 Å². The summed E-state index contributed by atoms with van der Waals surface area (Å²) in [5.41, 5.74) is 1.46. The zero-order chi connectivity index (χ0) is 18.3. The van der Waals surface area contributed by atoms with Gasteiger partial charge in [-0.2, -0.15) is 0 Å². The number of piperidine rings is 1. The highest BCUT2D eigenvalue weighted by Gasteiger charge is 2.63. The van der Waals surface area contributed by atoms with Crippen LogP contribution in [0.4, 0.5) is 0 Å². The standard InChI is InChI=1S/C19H29NO4S/c1-15-4-6-17(7-5-15)13-18(21)8-10-20(11-9-18)25(22,23)19(14-24-3)12-16(19)2/h4-7,16,21H,8-14H2,1-3H3/t16-,19+/m0/s1. The molecule has 1 saturated heterocycles. The second-order valence-electron chi connectivity index (χ2n) is 7.89. The summed E-state index contributed by atoms with van der Waals surface area (Å²) in [6.07, 6.45) is 2.17. The molecule has 6 heteroatoms. The van der Waals surface area contributed by atoms with E-state index in [1.165, 1.54) is 5.56 Å². The van der Waals surface area contributed by atoms with Crippen LogP contribution < -0.4 is 0 Å². The summed E-state index contributed by atoms with van der Waals surface area (Å²) in [4.78, 5) is 0. The summed E-state index contributed by atoms with van der Waals surface area (Å²) in [6, 6.07) is 8.16. The molecule has 140 valence electrons. The fourth-order valence-corrected chi connectivity index (χ4v) is 6.41. The van der Waals surface area contributed by atoms with Crippen molar-refractivity contribution in [3.05, 3.63) is 35.4 Å². The summed E-state index contributed by atoms with van der Waals surface area (Å²) >= 11 is 0. The van der Waals surface area contributed by atoms with Crippen molar-refractivity contribution in [3.8, 4) is 0 Å².